The van der Waals surface area contributed by atoms with Crippen LogP contribution in [0.15, 0.2) is 24.5 Å². The van der Waals surface area contributed by atoms with Crippen LogP contribution < -0.4 is 10.5 Å². The van der Waals surface area contributed by atoms with E-state index in [0.717, 1.165) is 16.8 Å². The van der Waals surface area contributed by atoms with E-state index in [1.807, 2.05) is 26.0 Å². The Kier molecular flexibility index (Phi) is 3.67. The lowest BCUT2D eigenvalue weighted by Gasteiger charge is -2.11. The quantitative estimate of drug-likeness (QED) is 0.924. The van der Waals surface area contributed by atoms with Crippen LogP contribution in [0, 0.1) is 6.92 Å². The van der Waals surface area contributed by atoms with Gasteiger partial charge in [-0.1, -0.05) is 11.6 Å². The summed E-state index contributed by atoms with van der Waals surface area (Å²) in [5, 5.41) is 0.564. The van der Waals surface area contributed by atoms with Gasteiger partial charge in [-0.2, -0.15) is 0 Å². The van der Waals surface area contributed by atoms with Crippen molar-refractivity contribution in [3.8, 4) is 17.0 Å². The third kappa shape index (κ3) is 2.54. The summed E-state index contributed by atoms with van der Waals surface area (Å²) in [4.78, 5) is 8.07. The molecule has 2 N–H and O–H groups in total. The molecule has 0 fully saturated rings. The van der Waals surface area contributed by atoms with Gasteiger partial charge in [-0.3, -0.25) is 0 Å². The Morgan fingerprint density at radius 1 is 1.28 bits per heavy atom. The van der Waals surface area contributed by atoms with Gasteiger partial charge >= 0.3 is 0 Å². The van der Waals surface area contributed by atoms with Gasteiger partial charge in [0.25, 0.3) is 0 Å². The van der Waals surface area contributed by atoms with Crippen molar-refractivity contribution < 1.29 is 4.74 Å². The van der Waals surface area contributed by atoms with Crippen molar-refractivity contribution in [1.82, 2.24) is 9.97 Å². The number of ether oxygens (including phenoxy) is 1. The molecule has 0 saturated heterocycles. The number of hydrogen-bond donors (Lipinski definition) is 1. The topological polar surface area (TPSA) is 61.0 Å². The molecule has 1 aromatic heterocycles. The molecule has 0 saturated carbocycles. The minimum absolute atomic E-state index is 0.435. The number of aryl methyl sites for hydroxylation is 1. The number of nitrogens with zero attached hydrogens (tertiary/aromatic N) is 2. The largest absolute Gasteiger partial charge is 0.492 e. The molecule has 0 aliphatic carbocycles. The van der Waals surface area contributed by atoms with Crippen LogP contribution in [-0.4, -0.2) is 16.6 Å². The molecule has 1 heterocycles. The molecule has 0 atom stereocenters. The second kappa shape index (κ2) is 5.23. The predicted molar refractivity (Wildman–Crippen MR) is 72.8 cm³/mol. The number of anilines is 1. The van der Waals surface area contributed by atoms with Crippen molar-refractivity contribution in [2.24, 2.45) is 0 Å². The van der Waals surface area contributed by atoms with E-state index in [4.69, 9.17) is 22.1 Å². The molecule has 5 heteroatoms. The van der Waals surface area contributed by atoms with Crippen LogP contribution in [0.2, 0.25) is 5.02 Å². The van der Waals surface area contributed by atoms with Crippen LogP contribution in [0.3, 0.4) is 0 Å². The highest BCUT2D eigenvalue weighted by Gasteiger charge is 2.10. The first kappa shape index (κ1) is 12.6. The molecule has 1 aromatic carbocycles. The summed E-state index contributed by atoms with van der Waals surface area (Å²) in [6.45, 7) is 4.48. The summed E-state index contributed by atoms with van der Waals surface area (Å²) >= 11 is 6.17. The lowest BCUT2D eigenvalue weighted by Crippen LogP contribution is -1.96. The Bertz CT molecular complexity index is 572. The van der Waals surface area contributed by atoms with Gasteiger partial charge in [-0.05, 0) is 31.5 Å². The van der Waals surface area contributed by atoms with E-state index in [1.54, 1.807) is 6.07 Å². The third-order valence-electron chi connectivity index (χ3n) is 2.54. The van der Waals surface area contributed by atoms with Gasteiger partial charge in [0.05, 0.1) is 17.3 Å². The first-order chi connectivity index (χ1) is 8.61. The molecule has 0 bridgehead atoms. The summed E-state index contributed by atoms with van der Waals surface area (Å²) in [5.41, 5.74) is 8.36. The van der Waals surface area contributed by atoms with Gasteiger partial charge < -0.3 is 10.5 Å². The summed E-state index contributed by atoms with van der Waals surface area (Å²) < 4.78 is 5.44. The second-order valence-corrected chi connectivity index (χ2v) is 4.27. The van der Waals surface area contributed by atoms with E-state index in [0.29, 0.717) is 23.2 Å². The van der Waals surface area contributed by atoms with Crippen LogP contribution >= 0.6 is 11.6 Å². The molecule has 94 valence electrons. The minimum atomic E-state index is 0.435. The average Bonchev–Trinajstić information content (AvgIpc) is 2.33. The minimum Gasteiger partial charge on any atom is -0.492 e. The average molecular weight is 264 g/mol. The highest BCUT2D eigenvalue weighted by atomic mass is 35.5. The Morgan fingerprint density at radius 2 is 2.06 bits per heavy atom. The molecule has 18 heavy (non-hydrogen) atoms. The fourth-order valence-corrected chi connectivity index (χ4v) is 1.93. The fraction of sp³-hybridized carbons (Fsp3) is 0.231. The molecule has 4 nitrogen and oxygen atoms in total. The van der Waals surface area contributed by atoms with Crippen molar-refractivity contribution in [2.45, 2.75) is 13.8 Å². The Morgan fingerprint density at radius 3 is 2.72 bits per heavy atom. The third-order valence-corrected chi connectivity index (χ3v) is 2.84. The predicted octanol–water partition coefficient (Wildman–Crippen LogP) is 3.09. The van der Waals surface area contributed by atoms with Gasteiger partial charge in [0, 0.05) is 11.6 Å². The van der Waals surface area contributed by atoms with Crippen LogP contribution in [-0.2, 0) is 0 Å². The van der Waals surface area contributed by atoms with E-state index in [1.165, 1.54) is 6.33 Å². The van der Waals surface area contributed by atoms with Gasteiger partial charge in [0.2, 0.25) is 0 Å². The van der Waals surface area contributed by atoms with E-state index >= 15 is 0 Å². The zero-order valence-corrected chi connectivity index (χ0v) is 11.0. The summed E-state index contributed by atoms with van der Waals surface area (Å²) in [7, 11) is 0. The first-order valence-electron chi connectivity index (χ1n) is 5.62. The Balaban J connectivity index is 2.49. The molecule has 0 spiro atoms. The lowest BCUT2D eigenvalue weighted by molar-refractivity contribution is 0.340. The van der Waals surface area contributed by atoms with Crippen LogP contribution in [0.1, 0.15) is 12.5 Å². The van der Waals surface area contributed by atoms with Gasteiger partial charge in [-0.15, -0.1) is 0 Å². The van der Waals surface area contributed by atoms with E-state index in [-0.39, 0.29) is 0 Å². The van der Waals surface area contributed by atoms with Crippen LogP contribution in [0.5, 0.6) is 5.75 Å². The number of nitrogen functional groups attached to an aromatic ring is 1. The van der Waals surface area contributed by atoms with E-state index < -0.39 is 0 Å². The Hall–Kier alpha value is -1.81. The second-order valence-electron chi connectivity index (χ2n) is 3.86. The monoisotopic (exact) mass is 263 g/mol. The Labute approximate surface area is 111 Å². The number of halogens is 1. The molecule has 0 aliphatic heterocycles. The zero-order chi connectivity index (χ0) is 13.1. The summed E-state index contributed by atoms with van der Waals surface area (Å²) in [6.07, 6.45) is 1.44. The fourth-order valence-electron chi connectivity index (χ4n) is 1.72. The highest BCUT2D eigenvalue weighted by molar-refractivity contribution is 6.32. The number of nitrogens with two attached hydrogens (primary N) is 1. The molecule has 0 unspecified atom stereocenters. The van der Waals surface area contributed by atoms with E-state index in [2.05, 4.69) is 9.97 Å². The molecule has 0 radical (unpaired) electrons. The van der Waals surface area contributed by atoms with Crippen molar-refractivity contribution in [3.05, 3.63) is 35.1 Å². The van der Waals surface area contributed by atoms with Crippen LogP contribution in [0.25, 0.3) is 11.3 Å². The maximum atomic E-state index is 6.17. The molecule has 2 aromatic rings. The summed E-state index contributed by atoms with van der Waals surface area (Å²) in [5.74, 6) is 1.12. The van der Waals surface area contributed by atoms with E-state index in [9.17, 15) is 0 Å². The van der Waals surface area contributed by atoms with Gasteiger partial charge in [-0.25, -0.2) is 9.97 Å². The van der Waals surface area contributed by atoms with Crippen molar-refractivity contribution >= 4 is 17.4 Å². The summed E-state index contributed by atoms with van der Waals surface area (Å²) in [6, 6.07) is 5.46. The molecule has 0 aliphatic rings. The lowest BCUT2D eigenvalue weighted by atomic mass is 10.0. The van der Waals surface area contributed by atoms with Gasteiger partial charge in [0.1, 0.15) is 17.9 Å². The maximum Gasteiger partial charge on any atom is 0.138 e. The maximum absolute atomic E-state index is 6.17. The van der Waals surface area contributed by atoms with Crippen LogP contribution in [0.4, 0.5) is 5.82 Å². The van der Waals surface area contributed by atoms with Crippen molar-refractivity contribution in [3.63, 3.8) is 0 Å². The van der Waals surface area contributed by atoms with Crippen molar-refractivity contribution in [1.29, 1.82) is 0 Å². The number of benzene rings is 1. The number of aromatic nitrogens is 2. The normalized spacial score (nSPS) is 10.4. The van der Waals surface area contributed by atoms with Crippen molar-refractivity contribution in [2.75, 3.05) is 12.3 Å². The molecular weight excluding hydrogens is 250 g/mol. The van der Waals surface area contributed by atoms with Gasteiger partial charge in [0.15, 0.2) is 0 Å². The smallest absolute Gasteiger partial charge is 0.138 e. The highest BCUT2D eigenvalue weighted by Crippen LogP contribution is 2.33. The standard InChI is InChI=1S/C13H14ClN3O/c1-3-18-12-4-8(2)9(5-10(12)14)11-6-13(15)17-7-16-11/h4-7H,3H2,1-2H3,(H2,15,16,17). The molecule has 0 amide bonds. The molecular formula is C13H14ClN3O. The molecule has 2 rings (SSSR count). The SMILES string of the molecule is CCOc1cc(C)c(-c2cc(N)ncn2)cc1Cl. The first-order valence-corrected chi connectivity index (χ1v) is 6.00. The number of rotatable bonds is 3. The number of hydrogen-bond acceptors (Lipinski definition) is 4. The zero-order valence-electron chi connectivity index (χ0n) is 10.3.